The number of amides is 1. The van der Waals surface area contributed by atoms with E-state index in [1.165, 1.54) is 4.88 Å². The van der Waals surface area contributed by atoms with E-state index in [0.717, 1.165) is 43.2 Å². The van der Waals surface area contributed by atoms with Crippen molar-refractivity contribution in [1.29, 1.82) is 0 Å². The topological polar surface area (TPSA) is 69.2 Å². The van der Waals surface area contributed by atoms with Crippen molar-refractivity contribution >= 4 is 45.7 Å². The van der Waals surface area contributed by atoms with Crippen LogP contribution in [0.1, 0.15) is 45.6 Å². The number of carbonyl (C=O) groups is 1. The van der Waals surface area contributed by atoms with Gasteiger partial charge in [0.1, 0.15) is 5.00 Å². The Kier molecular flexibility index (Phi) is 7.75. The molecule has 6 nitrogen and oxygen atoms in total. The summed E-state index contributed by atoms with van der Waals surface area (Å²) in [5.41, 5.74) is 3.12. The van der Waals surface area contributed by atoms with Gasteiger partial charge in [-0.2, -0.15) is 0 Å². The Bertz CT molecular complexity index is 1220. The number of carbonyl (C=O) groups excluding carboxylic acids is 1. The molecular weight excluding hydrogens is 472 g/mol. The number of fused-ring (bicyclic) bond motifs is 1. The Hall–Kier alpha value is -3.03. The van der Waals surface area contributed by atoms with E-state index in [0.29, 0.717) is 38.5 Å². The summed E-state index contributed by atoms with van der Waals surface area (Å²) in [6.45, 7) is 0. The molecule has 178 valence electrons. The molecule has 1 aromatic heterocycles. The van der Waals surface area contributed by atoms with Crippen LogP contribution in [0.5, 0.6) is 17.2 Å². The molecule has 0 saturated carbocycles. The molecule has 1 amide bonds. The van der Waals surface area contributed by atoms with Crippen molar-refractivity contribution in [2.75, 3.05) is 26.6 Å². The molecule has 0 bridgehead atoms. The number of nitrogens with zero attached hydrogens (tertiary/aromatic N) is 1. The standard InChI is InChI=1S/C26H27ClN2O4S/c1-31-20-13-12-16(23(32-2)24(20)33-3)15-28-26-22(19-10-5-4-6-11-21(19)34-26)25(30)29-18-9-7-8-17(27)14-18/h7-9,12-15H,4-6,10-11H2,1-3H3,(H,29,30)/b28-15+. The Morgan fingerprint density at radius 2 is 1.82 bits per heavy atom. The fraction of sp³-hybridized carbons (Fsp3) is 0.308. The molecule has 0 atom stereocenters. The minimum atomic E-state index is -0.173. The van der Waals surface area contributed by atoms with Crippen molar-refractivity contribution < 1.29 is 19.0 Å². The molecule has 4 rings (SSSR count). The molecule has 8 heteroatoms. The minimum Gasteiger partial charge on any atom is -0.493 e. The molecule has 0 radical (unpaired) electrons. The average molecular weight is 499 g/mol. The third kappa shape index (κ3) is 5.05. The summed E-state index contributed by atoms with van der Waals surface area (Å²) in [5, 5.41) is 4.25. The second-order valence-electron chi connectivity index (χ2n) is 7.89. The normalized spacial score (nSPS) is 13.3. The van der Waals surface area contributed by atoms with Crippen molar-refractivity contribution in [3.8, 4) is 17.2 Å². The number of methoxy groups -OCH3 is 3. The van der Waals surface area contributed by atoms with Gasteiger partial charge < -0.3 is 19.5 Å². The second-order valence-corrected chi connectivity index (χ2v) is 9.41. The Labute approximate surface area is 208 Å². The van der Waals surface area contributed by atoms with E-state index in [-0.39, 0.29) is 5.91 Å². The number of aryl methyl sites for hydroxylation is 1. The van der Waals surface area contributed by atoms with Gasteiger partial charge in [-0.3, -0.25) is 4.79 Å². The van der Waals surface area contributed by atoms with Gasteiger partial charge in [-0.05, 0) is 61.6 Å². The van der Waals surface area contributed by atoms with Crippen LogP contribution in [0.25, 0.3) is 0 Å². The summed E-state index contributed by atoms with van der Waals surface area (Å²) in [7, 11) is 4.72. The van der Waals surface area contributed by atoms with Crippen LogP contribution < -0.4 is 19.5 Å². The molecular formula is C26H27ClN2O4S. The van der Waals surface area contributed by atoms with Crippen LogP contribution in [-0.4, -0.2) is 33.5 Å². The molecule has 34 heavy (non-hydrogen) atoms. The summed E-state index contributed by atoms with van der Waals surface area (Å²) in [6.07, 6.45) is 6.90. The Balaban J connectivity index is 1.74. The van der Waals surface area contributed by atoms with E-state index in [4.69, 9.17) is 30.8 Å². The fourth-order valence-electron chi connectivity index (χ4n) is 4.17. The molecule has 2 aromatic carbocycles. The van der Waals surface area contributed by atoms with Crippen LogP contribution >= 0.6 is 22.9 Å². The maximum Gasteiger partial charge on any atom is 0.259 e. The Morgan fingerprint density at radius 1 is 1.03 bits per heavy atom. The lowest BCUT2D eigenvalue weighted by Crippen LogP contribution is -2.13. The molecule has 1 heterocycles. The van der Waals surface area contributed by atoms with Gasteiger partial charge in [0.2, 0.25) is 5.75 Å². The third-order valence-electron chi connectivity index (χ3n) is 5.77. The van der Waals surface area contributed by atoms with Crippen LogP contribution in [0.3, 0.4) is 0 Å². The SMILES string of the molecule is COc1ccc(/C=N/c2sc3c(c2C(=O)Nc2cccc(Cl)c2)CCCCC3)c(OC)c1OC. The molecule has 1 N–H and O–H groups in total. The maximum absolute atomic E-state index is 13.4. The second kappa shape index (κ2) is 10.9. The van der Waals surface area contributed by atoms with Crippen LogP contribution in [0, 0.1) is 0 Å². The summed E-state index contributed by atoms with van der Waals surface area (Å²) >= 11 is 7.70. The number of halogens is 1. The predicted octanol–water partition coefficient (Wildman–Crippen LogP) is 6.70. The number of ether oxygens (including phenoxy) is 3. The van der Waals surface area contributed by atoms with Gasteiger partial charge >= 0.3 is 0 Å². The van der Waals surface area contributed by atoms with Crippen LogP contribution in [0.4, 0.5) is 10.7 Å². The fourth-order valence-corrected chi connectivity index (χ4v) is 5.59. The predicted molar refractivity (Wildman–Crippen MR) is 138 cm³/mol. The van der Waals surface area contributed by atoms with Gasteiger partial charge in [0.25, 0.3) is 5.91 Å². The van der Waals surface area contributed by atoms with Crippen LogP contribution in [0.2, 0.25) is 5.02 Å². The smallest absolute Gasteiger partial charge is 0.259 e. The van der Waals surface area contributed by atoms with Gasteiger partial charge in [0.15, 0.2) is 11.5 Å². The zero-order chi connectivity index (χ0) is 24.1. The lowest BCUT2D eigenvalue weighted by atomic mass is 10.0. The van der Waals surface area contributed by atoms with Gasteiger partial charge in [-0.1, -0.05) is 24.1 Å². The maximum atomic E-state index is 13.4. The monoisotopic (exact) mass is 498 g/mol. The van der Waals surface area contributed by atoms with E-state index in [9.17, 15) is 4.79 Å². The van der Waals surface area contributed by atoms with Crippen molar-refractivity contribution in [2.45, 2.75) is 32.1 Å². The number of anilines is 1. The lowest BCUT2D eigenvalue weighted by molar-refractivity contribution is 0.102. The summed E-state index contributed by atoms with van der Waals surface area (Å²) < 4.78 is 16.4. The average Bonchev–Trinajstić information content (AvgIpc) is 3.02. The number of aliphatic imine (C=N–C) groups is 1. The number of nitrogens with one attached hydrogen (secondary N) is 1. The minimum absolute atomic E-state index is 0.173. The highest BCUT2D eigenvalue weighted by molar-refractivity contribution is 7.16. The quantitative estimate of drug-likeness (QED) is 0.290. The summed E-state index contributed by atoms with van der Waals surface area (Å²) in [5.74, 6) is 1.41. The lowest BCUT2D eigenvalue weighted by Gasteiger charge is -2.13. The zero-order valence-corrected chi connectivity index (χ0v) is 21.0. The first-order valence-electron chi connectivity index (χ1n) is 11.1. The number of benzene rings is 2. The number of rotatable bonds is 7. The number of thiophene rings is 1. The van der Waals surface area contributed by atoms with Crippen LogP contribution in [0.15, 0.2) is 41.4 Å². The van der Waals surface area contributed by atoms with Gasteiger partial charge in [-0.25, -0.2) is 4.99 Å². The first kappa shape index (κ1) is 24.1. The molecule has 1 aliphatic rings. The first-order chi connectivity index (χ1) is 16.5. The van der Waals surface area contributed by atoms with E-state index < -0.39 is 0 Å². The highest BCUT2D eigenvalue weighted by Gasteiger charge is 2.25. The Morgan fingerprint density at radius 3 is 2.56 bits per heavy atom. The number of hydrogen-bond donors (Lipinski definition) is 1. The third-order valence-corrected chi connectivity index (χ3v) is 7.20. The van der Waals surface area contributed by atoms with E-state index >= 15 is 0 Å². The van der Waals surface area contributed by atoms with Gasteiger partial charge in [0, 0.05) is 27.4 Å². The van der Waals surface area contributed by atoms with Crippen molar-refractivity contribution in [3.05, 3.63) is 63.0 Å². The molecule has 0 unspecified atom stereocenters. The molecule has 1 aliphatic carbocycles. The molecule has 0 spiro atoms. The molecule has 0 saturated heterocycles. The molecule has 0 aliphatic heterocycles. The first-order valence-corrected chi connectivity index (χ1v) is 12.3. The van der Waals surface area contributed by atoms with Crippen molar-refractivity contribution in [1.82, 2.24) is 0 Å². The zero-order valence-electron chi connectivity index (χ0n) is 19.4. The summed E-state index contributed by atoms with van der Waals surface area (Å²) in [6, 6.07) is 10.8. The van der Waals surface area contributed by atoms with Crippen LogP contribution in [-0.2, 0) is 12.8 Å². The van der Waals surface area contributed by atoms with Crippen molar-refractivity contribution in [2.24, 2.45) is 4.99 Å². The largest absolute Gasteiger partial charge is 0.493 e. The van der Waals surface area contributed by atoms with Gasteiger partial charge in [0.05, 0.1) is 26.9 Å². The van der Waals surface area contributed by atoms with E-state index in [1.807, 2.05) is 18.2 Å². The molecule has 0 fully saturated rings. The summed E-state index contributed by atoms with van der Waals surface area (Å²) in [4.78, 5) is 19.4. The van der Waals surface area contributed by atoms with Gasteiger partial charge in [-0.15, -0.1) is 11.3 Å². The highest BCUT2D eigenvalue weighted by Crippen LogP contribution is 2.42. The molecule has 3 aromatic rings. The van der Waals surface area contributed by atoms with E-state index in [1.54, 1.807) is 57.1 Å². The van der Waals surface area contributed by atoms with Crippen molar-refractivity contribution in [3.63, 3.8) is 0 Å². The van der Waals surface area contributed by atoms with E-state index in [2.05, 4.69) is 5.32 Å². The number of hydrogen-bond acceptors (Lipinski definition) is 6. The highest BCUT2D eigenvalue weighted by atomic mass is 35.5.